The minimum absolute atomic E-state index is 0.184. The van der Waals surface area contributed by atoms with E-state index in [1.54, 1.807) is 0 Å². The van der Waals surface area contributed by atoms with Gasteiger partial charge in [-0.05, 0) is 0 Å². The van der Waals surface area contributed by atoms with Crippen LogP contribution in [-0.2, 0) is 5.41 Å². The summed E-state index contributed by atoms with van der Waals surface area (Å²) in [4.78, 5) is 0. The Kier molecular flexibility index (Phi) is 3.82. The Morgan fingerprint density at radius 1 is 0.696 bits per heavy atom. The van der Waals surface area contributed by atoms with E-state index in [2.05, 4.69) is 78.9 Å². The second kappa shape index (κ2) is 5.97. The third-order valence-electron chi connectivity index (χ3n) is 4.68. The van der Waals surface area contributed by atoms with E-state index in [0.717, 1.165) is 6.42 Å². The zero-order chi connectivity index (χ0) is 15.7. The number of rotatable bonds is 3. The second-order valence-corrected chi connectivity index (χ2v) is 8.14. The van der Waals surface area contributed by atoms with Crippen molar-refractivity contribution >= 4 is 23.9 Å². The molecule has 0 amide bonds. The van der Waals surface area contributed by atoms with Crippen molar-refractivity contribution in [1.29, 1.82) is 0 Å². The Labute approximate surface area is 143 Å². The van der Waals surface area contributed by atoms with Gasteiger partial charge < -0.3 is 0 Å². The van der Waals surface area contributed by atoms with Crippen LogP contribution in [0.3, 0.4) is 0 Å². The Morgan fingerprint density at radius 2 is 1.22 bits per heavy atom. The molecule has 3 aromatic carbocycles. The van der Waals surface area contributed by atoms with E-state index in [9.17, 15) is 0 Å². The molecule has 4 rings (SSSR count). The molecule has 1 heterocycles. The van der Waals surface area contributed by atoms with E-state index < -0.39 is 0 Å². The molecule has 0 atom stereocenters. The first-order valence-corrected chi connectivity index (χ1v) is 9.64. The van der Waals surface area contributed by atoms with Crippen molar-refractivity contribution in [3.63, 3.8) is 0 Å². The number of hydrogen-bond donors (Lipinski definition) is 0. The third kappa shape index (κ3) is 2.26. The van der Waals surface area contributed by atoms with E-state index in [1.807, 2.05) is 0 Å². The Morgan fingerprint density at radius 3 is 1.78 bits per heavy atom. The molecule has 0 aliphatic carbocycles. The average molecular weight is 366 g/mol. The van der Waals surface area contributed by atoms with Crippen LogP contribution in [-0.4, -0.2) is 26.7 Å². The molecule has 0 unspecified atom stereocenters. The first kappa shape index (κ1) is 14.7. The van der Waals surface area contributed by atoms with Crippen LogP contribution in [0.1, 0.15) is 23.1 Å². The van der Waals surface area contributed by atoms with Gasteiger partial charge in [-0.25, -0.2) is 0 Å². The number of fused-ring (bicyclic) bond motifs is 2. The van der Waals surface area contributed by atoms with Crippen molar-refractivity contribution in [3.05, 3.63) is 95.6 Å². The third-order valence-corrected chi connectivity index (χ3v) is 7.10. The zero-order valence-electron chi connectivity index (χ0n) is 12.8. The van der Waals surface area contributed by atoms with Crippen LogP contribution < -0.4 is 8.92 Å². The Hall–Kier alpha value is -1.86. The minimum atomic E-state index is -0.184. The molecule has 1 aliphatic rings. The summed E-state index contributed by atoms with van der Waals surface area (Å²) < 4.78 is 2.91. The fourth-order valence-corrected chi connectivity index (χ4v) is 6.31. The van der Waals surface area contributed by atoms with E-state index in [4.69, 9.17) is 5.11 Å². The van der Waals surface area contributed by atoms with Gasteiger partial charge in [-0.1, -0.05) is 0 Å². The first-order valence-electron chi connectivity index (χ1n) is 7.93. The van der Waals surface area contributed by atoms with Crippen molar-refractivity contribution in [2.24, 2.45) is 0 Å². The van der Waals surface area contributed by atoms with Crippen LogP contribution in [0.15, 0.2) is 78.9 Å². The van der Waals surface area contributed by atoms with E-state index in [1.165, 1.54) is 25.6 Å². The molecular formula is C21H19OSe+. The van der Waals surface area contributed by atoms with Crippen molar-refractivity contribution in [2.45, 2.75) is 11.8 Å². The summed E-state index contributed by atoms with van der Waals surface area (Å²) in [5.74, 6) is 0. The normalized spacial score (nSPS) is 14.8. The summed E-state index contributed by atoms with van der Waals surface area (Å²) in [7, 11) is 0. The molecule has 0 bridgehead atoms. The van der Waals surface area contributed by atoms with Gasteiger partial charge in [-0.2, -0.15) is 0 Å². The van der Waals surface area contributed by atoms with Crippen molar-refractivity contribution in [1.82, 2.24) is 0 Å². The fraction of sp³-hybridized carbons (Fsp3) is 0.143. The summed E-state index contributed by atoms with van der Waals surface area (Å²) >= 11 is 0.341. The molecule has 3 aromatic rings. The van der Waals surface area contributed by atoms with E-state index in [-0.39, 0.29) is 5.41 Å². The quantitative estimate of drug-likeness (QED) is 0.501. The molecule has 114 valence electrons. The Bertz CT molecular complexity index is 781. The van der Waals surface area contributed by atoms with Crippen LogP contribution in [0, 0.1) is 0 Å². The zero-order valence-corrected chi connectivity index (χ0v) is 14.5. The standard InChI is InChI=1S/C21H18OSe/c22-15-14-21(16-8-2-1-3-9-16)17-10-4-6-12-19(17)23-20-13-7-5-11-18(20)21/h1-13,22H,14-15H2/p+1. The van der Waals surface area contributed by atoms with Crippen LogP contribution in [0.2, 0.25) is 0 Å². The maximum atomic E-state index is 8.00. The maximum absolute atomic E-state index is 8.00. The topological polar surface area (TPSA) is 22.9 Å². The van der Waals surface area contributed by atoms with Crippen molar-refractivity contribution < 1.29 is 5.11 Å². The molecule has 2 heteroatoms. The van der Waals surface area contributed by atoms with Crippen molar-refractivity contribution in [3.8, 4) is 0 Å². The van der Waals surface area contributed by atoms with Gasteiger partial charge in [0, 0.05) is 0 Å². The predicted molar refractivity (Wildman–Crippen MR) is 97.3 cm³/mol. The molecule has 0 fully saturated rings. The summed E-state index contributed by atoms with van der Waals surface area (Å²) in [6.45, 7) is 0.421. The summed E-state index contributed by atoms with van der Waals surface area (Å²) in [5.41, 5.74) is 3.92. The van der Waals surface area contributed by atoms with Gasteiger partial charge in [0.1, 0.15) is 0 Å². The number of benzene rings is 3. The summed E-state index contributed by atoms with van der Waals surface area (Å²) in [5, 5.41) is 8.00. The van der Waals surface area contributed by atoms with Gasteiger partial charge in [0.15, 0.2) is 0 Å². The monoisotopic (exact) mass is 367 g/mol. The molecule has 2 N–H and O–H groups in total. The molecule has 23 heavy (non-hydrogen) atoms. The first-order chi connectivity index (χ1) is 11.4. The van der Waals surface area contributed by atoms with E-state index >= 15 is 0 Å². The predicted octanol–water partition coefficient (Wildman–Crippen LogP) is 2.10. The van der Waals surface area contributed by atoms with Gasteiger partial charge in [0.2, 0.25) is 0 Å². The van der Waals surface area contributed by atoms with Gasteiger partial charge in [-0.3, -0.25) is 0 Å². The number of hydrogen-bond acceptors (Lipinski definition) is 0. The van der Waals surface area contributed by atoms with Crippen LogP contribution in [0.4, 0.5) is 0 Å². The van der Waals surface area contributed by atoms with Crippen molar-refractivity contribution in [2.75, 3.05) is 6.61 Å². The van der Waals surface area contributed by atoms with Gasteiger partial charge in [-0.15, -0.1) is 0 Å². The molecule has 1 nitrogen and oxygen atoms in total. The molecule has 0 radical (unpaired) electrons. The molecule has 0 aromatic heterocycles. The molecule has 0 saturated heterocycles. The van der Waals surface area contributed by atoms with E-state index in [0.29, 0.717) is 21.6 Å². The molecule has 0 spiro atoms. The molecule has 1 aliphatic heterocycles. The summed E-state index contributed by atoms with van der Waals surface area (Å²) in [6, 6.07) is 28.4. The Balaban J connectivity index is 2.08. The van der Waals surface area contributed by atoms with Gasteiger partial charge in [0.05, 0.1) is 0 Å². The average Bonchev–Trinajstić information content (AvgIpc) is 2.62. The van der Waals surface area contributed by atoms with Gasteiger partial charge >= 0.3 is 143 Å². The van der Waals surface area contributed by atoms with Crippen LogP contribution in [0.5, 0.6) is 0 Å². The van der Waals surface area contributed by atoms with Crippen LogP contribution in [0.25, 0.3) is 0 Å². The molecular weight excluding hydrogens is 347 g/mol. The second-order valence-electron chi connectivity index (χ2n) is 5.87. The molecule has 0 saturated carbocycles. The SMILES string of the molecule is [OH2+]CCC1(c2ccccc2)c2ccccc2[Se]c2ccccc21. The van der Waals surface area contributed by atoms with Gasteiger partial charge in [0.25, 0.3) is 0 Å². The fourth-order valence-electron chi connectivity index (χ4n) is 3.71. The summed E-state index contributed by atoms with van der Waals surface area (Å²) in [6.07, 6.45) is 0.821. The van der Waals surface area contributed by atoms with Crippen LogP contribution >= 0.6 is 0 Å².